The van der Waals surface area contributed by atoms with Crippen molar-refractivity contribution >= 4 is 17.6 Å². The fraction of sp³-hybridized carbons (Fsp3) is 0.556. The van der Waals surface area contributed by atoms with E-state index in [1.165, 1.54) is 0 Å². The molecule has 2 N–H and O–H groups in total. The number of nitrogens with zero attached hydrogens (tertiary/aromatic N) is 1. The first-order chi connectivity index (χ1) is 11.7. The number of amides is 3. The lowest BCUT2D eigenvalue weighted by atomic mass is 9.93. The van der Waals surface area contributed by atoms with Crippen LogP contribution in [0.4, 0.5) is 10.5 Å². The molecule has 1 aliphatic heterocycles. The molecule has 132 valence electrons. The number of nitrogens with one attached hydrogen (secondary N) is 2. The molecule has 0 spiro atoms. The fourth-order valence-corrected chi connectivity index (χ4v) is 2.93. The Balaban J connectivity index is 1.73. The van der Waals surface area contributed by atoms with Gasteiger partial charge in [0, 0.05) is 38.9 Å². The summed E-state index contributed by atoms with van der Waals surface area (Å²) in [4.78, 5) is 26.0. The van der Waals surface area contributed by atoms with Crippen LogP contribution in [0.15, 0.2) is 30.3 Å². The van der Waals surface area contributed by atoms with Crippen molar-refractivity contribution < 1.29 is 14.3 Å². The Hall–Kier alpha value is -2.08. The third-order valence-electron chi connectivity index (χ3n) is 4.24. The van der Waals surface area contributed by atoms with Crippen LogP contribution in [0.25, 0.3) is 0 Å². The zero-order valence-electron chi connectivity index (χ0n) is 14.3. The summed E-state index contributed by atoms with van der Waals surface area (Å²) in [6.45, 7) is 2.56. The molecule has 1 aromatic rings. The van der Waals surface area contributed by atoms with Crippen molar-refractivity contribution in [3.8, 4) is 0 Å². The Labute approximate surface area is 143 Å². The number of likely N-dealkylation sites (tertiary alicyclic amines) is 1. The van der Waals surface area contributed by atoms with Crippen molar-refractivity contribution in [2.45, 2.75) is 25.7 Å². The van der Waals surface area contributed by atoms with Gasteiger partial charge < -0.3 is 20.3 Å². The Morgan fingerprint density at radius 1 is 1.29 bits per heavy atom. The number of anilines is 1. The number of hydrogen-bond donors (Lipinski definition) is 2. The molecule has 0 aromatic heterocycles. The van der Waals surface area contributed by atoms with Gasteiger partial charge in [0.2, 0.25) is 5.91 Å². The summed E-state index contributed by atoms with van der Waals surface area (Å²) in [7, 11) is 1.61. The van der Waals surface area contributed by atoms with Crippen molar-refractivity contribution in [3.63, 3.8) is 0 Å². The van der Waals surface area contributed by atoms with E-state index in [0.29, 0.717) is 32.0 Å². The van der Waals surface area contributed by atoms with Gasteiger partial charge in [0.1, 0.15) is 0 Å². The lowest BCUT2D eigenvalue weighted by Crippen LogP contribution is -2.42. The summed E-state index contributed by atoms with van der Waals surface area (Å²) in [5.74, 6) is 0.436. The molecular formula is C18H27N3O3. The van der Waals surface area contributed by atoms with Crippen molar-refractivity contribution in [3.05, 3.63) is 30.3 Å². The van der Waals surface area contributed by atoms with Gasteiger partial charge in [-0.1, -0.05) is 18.2 Å². The Bertz CT molecular complexity index is 522. The molecule has 1 atom stereocenters. The second kappa shape index (κ2) is 9.93. The predicted molar refractivity (Wildman–Crippen MR) is 93.9 cm³/mol. The first kappa shape index (κ1) is 18.3. The standard InChI is InChI=1S/C18H27N3O3/c1-24-13-11-19-17(22)10-9-15-6-5-12-21(14-15)18(23)20-16-7-3-2-4-8-16/h2-4,7-8,15H,5-6,9-14H2,1H3,(H,19,22)(H,20,23). The summed E-state index contributed by atoms with van der Waals surface area (Å²) < 4.78 is 4.91. The summed E-state index contributed by atoms with van der Waals surface area (Å²) in [5.41, 5.74) is 0.808. The molecule has 0 bridgehead atoms. The van der Waals surface area contributed by atoms with Crippen LogP contribution in [0, 0.1) is 5.92 Å². The van der Waals surface area contributed by atoms with E-state index < -0.39 is 0 Å². The van der Waals surface area contributed by atoms with E-state index in [2.05, 4.69) is 10.6 Å². The highest BCUT2D eigenvalue weighted by Crippen LogP contribution is 2.21. The molecule has 2 rings (SSSR count). The molecule has 1 saturated heterocycles. The Kier molecular flexibility index (Phi) is 7.55. The average Bonchev–Trinajstić information content (AvgIpc) is 2.61. The first-order valence-electron chi connectivity index (χ1n) is 8.55. The van der Waals surface area contributed by atoms with Gasteiger partial charge in [-0.25, -0.2) is 4.79 Å². The Morgan fingerprint density at radius 3 is 2.83 bits per heavy atom. The highest BCUT2D eigenvalue weighted by atomic mass is 16.5. The second-order valence-electron chi connectivity index (χ2n) is 6.13. The van der Waals surface area contributed by atoms with Gasteiger partial charge in [0.25, 0.3) is 0 Å². The van der Waals surface area contributed by atoms with Crippen LogP contribution in [-0.4, -0.2) is 50.2 Å². The van der Waals surface area contributed by atoms with Crippen LogP contribution in [0.2, 0.25) is 0 Å². The van der Waals surface area contributed by atoms with Gasteiger partial charge in [-0.15, -0.1) is 0 Å². The number of hydrogen-bond acceptors (Lipinski definition) is 3. The van der Waals surface area contributed by atoms with Crippen molar-refractivity contribution in [2.24, 2.45) is 5.92 Å². The lowest BCUT2D eigenvalue weighted by Gasteiger charge is -2.32. The highest BCUT2D eigenvalue weighted by Gasteiger charge is 2.24. The molecule has 6 heteroatoms. The maximum absolute atomic E-state index is 12.3. The van der Waals surface area contributed by atoms with Crippen LogP contribution in [0.1, 0.15) is 25.7 Å². The normalized spacial score (nSPS) is 17.4. The first-order valence-corrected chi connectivity index (χ1v) is 8.55. The van der Waals surface area contributed by atoms with E-state index >= 15 is 0 Å². The summed E-state index contributed by atoms with van der Waals surface area (Å²) in [6.07, 6.45) is 3.37. The van der Waals surface area contributed by atoms with E-state index in [9.17, 15) is 9.59 Å². The minimum absolute atomic E-state index is 0.0536. The quantitative estimate of drug-likeness (QED) is 0.753. The number of piperidine rings is 1. The molecule has 1 unspecified atom stereocenters. The van der Waals surface area contributed by atoms with E-state index in [1.807, 2.05) is 35.2 Å². The SMILES string of the molecule is COCCNC(=O)CCC1CCCN(C(=O)Nc2ccccc2)C1. The minimum atomic E-state index is -0.0598. The van der Waals surface area contributed by atoms with Gasteiger partial charge >= 0.3 is 6.03 Å². The van der Waals surface area contributed by atoms with Crippen molar-refractivity contribution in [1.82, 2.24) is 10.2 Å². The van der Waals surface area contributed by atoms with Gasteiger partial charge in [-0.05, 0) is 37.3 Å². The monoisotopic (exact) mass is 333 g/mol. The molecular weight excluding hydrogens is 306 g/mol. The van der Waals surface area contributed by atoms with Crippen LogP contribution >= 0.6 is 0 Å². The number of para-hydroxylation sites is 1. The number of urea groups is 1. The van der Waals surface area contributed by atoms with Crippen molar-refractivity contribution in [2.75, 3.05) is 38.7 Å². The largest absolute Gasteiger partial charge is 0.383 e. The topological polar surface area (TPSA) is 70.7 Å². The fourth-order valence-electron chi connectivity index (χ4n) is 2.93. The number of ether oxygens (including phenoxy) is 1. The summed E-state index contributed by atoms with van der Waals surface area (Å²) in [6, 6.07) is 9.42. The zero-order valence-corrected chi connectivity index (χ0v) is 14.3. The third-order valence-corrected chi connectivity index (χ3v) is 4.24. The smallest absolute Gasteiger partial charge is 0.321 e. The molecule has 6 nitrogen and oxygen atoms in total. The van der Waals surface area contributed by atoms with Gasteiger partial charge in [-0.2, -0.15) is 0 Å². The molecule has 0 aliphatic carbocycles. The summed E-state index contributed by atoms with van der Waals surface area (Å²) >= 11 is 0. The van der Waals surface area contributed by atoms with Gasteiger partial charge in [-0.3, -0.25) is 4.79 Å². The minimum Gasteiger partial charge on any atom is -0.383 e. The highest BCUT2D eigenvalue weighted by molar-refractivity contribution is 5.89. The number of benzene rings is 1. The van der Waals surface area contributed by atoms with Crippen LogP contribution < -0.4 is 10.6 Å². The Morgan fingerprint density at radius 2 is 2.08 bits per heavy atom. The molecule has 3 amide bonds. The summed E-state index contributed by atoms with van der Waals surface area (Å²) in [5, 5.41) is 5.76. The molecule has 1 fully saturated rings. The lowest BCUT2D eigenvalue weighted by molar-refractivity contribution is -0.121. The van der Waals surface area contributed by atoms with Crippen molar-refractivity contribution in [1.29, 1.82) is 0 Å². The van der Waals surface area contributed by atoms with Crippen LogP contribution in [0.5, 0.6) is 0 Å². The maximum Gasteiger partial charge on any atom is 0.321 e. The predicted octanol–water partition coefficient (Wildman–Crippen LogP) is 2.47. The molecule has 1 heterocycles. The third kappa shape index (κ3) is 6.20. The van der Waals surface area contributed by atoms with Gasteiger partial charge in [0.15, 0.2) is 0 Å². The zero-order chi connectivity index (χ0) is 17.2. The average molecular weight is 333 g/mol. The van der Waals surface area contributed by atoms with Crippen LogP contribution in [-0.2, 0) is 9.53 Å². The van der Waals surface area contributed by atoms with E-state index in [0.717, 1.165) is 31.5 Å². The number of carbonyl (C=O) groups is 2. The second-order valence-corrected chi connectivity index (χ2v) is 6.13. The molecule has 1 aliphatic rings. The van der Waals surface area contributed by atoms with E-state index in [-0.39, 0.29) is 11.9 Å². The maximum atomic E-state index is 12.3. The molecule has 0 saturated carbocycles. The molecule has 1 aromatic carbocycles. The number of methoxy groups -OCH3 is 1. The molecule has 0 radical (unpaired) electrons. The van der Waals surface area contributed by atoms with Crippen LogP contribution in [0.3, 0.4) is 0 Å². The number of carbonyl (C=O) groups excluding carboxylic acids is 2. The van der Waals surface area contributed by atoms with E-state index in [4.69, 9.17) is 4.74 Å². The van der Waals surface area contributed by atoms with Gasteiger partial charge in [0.05, 0.1) is 6.61 Å². The van der Waals surface area contributed by atoms with E-state index in [1.54, 1.807) is 7.11 Å². The molecule has 24 heavy (non-hydrogen) atoms. The number of rotatable bonds is 7.